The van der Waals surface area contributed by atoms with Gasteiger partial charge in [-0.15, -0.1) is 0 Å². The second-order valence-electron chi connectivity index (χ2n) is 9.53. The molecule has 5 heterocycles. The van der Waals surface area contributed by atoms with Crippen molar-refractivity contribution >= 4 is 28.4 Å². The lowest BCUT2D eigenvalue weighted by Crippen LogP contribution is -2.42. The molecule has 4 aromatic heterocycles. The van der Waals surface area contributed by atoms with Crippen molar-refractivity contribution in [3.05, 3.63) is 60.2 Å². The third kappa shape index (κ3) is 4.56. The Kier molecular flexibility index (Phi) is 5.88. The van der Waals surface area contributed by atoms with Crippen LogP contribution >= 0.6 is 0 Å². The fourth-order valence-electron chi connectivity index (χ4n) is 4.72. The Bertz CT molecular complexity index is 1420. The lowest BCUT2D eigenvalue weighted by atomic mass is 9.95. The van der Waals surface area contributed by atoms with E-state index >= 15 is 0 Å². The van der Waals surface area contributed by atoms with Crippen LogP contribution in [0.5, 0.6) is 0 Å². The summed E-state index contributed by atoms with van der Waals surface area (Å²) in [4.78, 5) is 22.1. The smallest absolute Gasteiger partial charge is 0.214 e. The summed E-state index contributed by atoms with van der Waals surface area (Å²) in [6, 6.07) is 5.76. The van der Waals surface area contributed by atoms with Gasteiger partial charge in [0.25, 0.3) is 0 Å². The van der Waals surface area contributed by atoms with Crippen LogP contribution in [0.25, 0.3) is 22.3 Å². The first kappa shape index (κ1) is 22.7. The summed E-state index contributed by atoms with van der Waals surface area (Å²) in [5, 5.41) is 10.9. The SMILES string of the molecule is C[C@H]1CNCC[C@@H]1Nc1nc(-c2ccnc(Nc3nc(F)ccc3F)c2)nc2cncc(C3CC3)c12. The van der Waals surface area contributed by atoms with E-state index in [2.05, 4.69) is 37.8 Å². The van der Waals surface area contributed by atoms with Crippen molar-refractivity contribution in [2.24, 2.45) is 5.92 Å². The molecule has 184 valence electrons. The van der Waals surface area contributed by atoms with E-state index in [9.17, 15) is 8.78 Å². The predicted molar refractivity (Wildman–Crippen MR) is 134 cm³/mol. The largest absolute Gasteiger partial charge is 0.366 e. The third-order valence-electron chi connectivity index (χ3n) is 6.84. The molecule has 1 aliphatic heterocycles. The number of rotatable bonds is 6. The van der Waals surface area contributed by atoms with Crippen molar-refractivity contribution in [3.8, 4) is 11.4 Å². The normalized spacial score (nSPS) is 19.9. The van der Waals surface area contributed by atoms with Gasteiger partial charge in [0.05, 0.1) is 11.7 Å². The molecule has 6 rings (SSSR count). The minimum Gasteiger partial charge on any atom is -0.366 e. The molecule has 4 aromatic rings. The number of hydrogen-bond acceptors (Lipinski definition) is 8. The quantitative estimate of drug-likeness (QED) is 0.333. The van der Waals surface area contributed by atoms with Gasteiger partial charge in [0.2, 0.25) is 5.95 Å². The average Bonchev–Trinajstić information content (AvgIpc) is 3.73. The van der Waals surface area contributed by atoms with E-state index in [0.717, 1.165) is 61.2 Å². The topological polar surface area (TPSA) is 101 Å². The fraction of sp³-hybridized carbons (Fsp3) is 0.346. The first-order chi connectivity index (χ1) is 17.5. The van der Waals surface area contributed by atoms with Gasteiger partial charge >= 0.3 is 0 Å². The second kappa shape index (κ2) is 9.34. The van der Waals surface area contributed by atoms with Crippen molar-refractivity contribution < 1.29 is 8.78 Å². The number of nitrogens with one attached hydrogen (secondary N) is 3. The van der Waals surface area contributed by atoms with Crippen LogP contribution in [-0.2, 0) is 0 Å². The van der Waals surface area contributed by atoms with E-state index in [1.807, 2.05) is 6.20 Å². The summed E-state index contributed by atoms with van der Waals surface area (Å²) in [5.41, 5.74) is 2.65. The fourth-order valence-corrected chi connectivity index (χ4v) is 4.72. The maximum absolute atomic E-state index is 14.1. The second-order valence-corrected chi connectivity index (χ2v) is 9.53. The highest BCUT2D eigenvalue weighted by molar-refractivity contribution is 5.93. The van der Waals surface area contributed by atoms with Crippen LogP contribution < -0.4 is 16.0 Å². The molecule has 0 radical (unpaired) electrons. The lowest BCUT2D eigenvalue weighted by molar-refractivity contribution is 0.368. The molecule has 3 N–H and O–H groups in total. The summed E-state index contributed by atoms with van der Waals surface area (Å²) >= 11 is 0. The van der Waals surface area contributed by atoms with E-state index in [0.29, 0.717) is 29.0 Å². The Morgan fingerprint density at radius 1 is 1.00 bits per heavy atom. The lowest BCUT2D eigenvalue weighted by Gasteiger charge is -2.31. The Morgan fingerprint density at radius 2 is 1.89 bits per heavy atom. The van der Waals surface area contributed by atoms with Crippen molar-refractivity contribution in [1.82, 2.24) is 30.2 Å². The highest BCUT2D eigenvalue weighted by Crippen LogP contribution is 2.44. The number of fused-ring (bicyclic) bond motifs is 1. The summed E-state index contributed by atoms with van der Waals surface area (Å²) in [7, 11) is 0. The van der Waals surface area contributed by atoms with E-state index in [1.54, 1.807) is 24.5 Å². The van der Waals surface area contributed by atoms with Gasteiger partial charge in [0, 0.05) is 29.4 Å². The molecule has 1 saturated carbocycles. The van der Waals surface area contributed by atoms with Gasteiger partial charge in [-0.1, -0.05) is 6.92 Å². The number of nitrogens with zero attached hydrogens (tertiary/aromatic N) is 5. The van der Waals surface area contributed by atoms with Gasteiger partial charge in [-0.3, -0.25) is 4.98 Å². The molecule has 0 amide bonds. The number of piperidine rings is 1. The standard InChI is InChI=1S/C26H26F2N8/c1-14-11-29-8-7-19(14)32-26-23-17(15-2-3-15)12-30-13-20(23)33-24(36-26)16-6-9-31-22(10-16)35-25-18(27)4-5-21(28)34-25/h4-6,9-10,12-15,19,29H,2-3,7-8,11H2,1H3,(H,31,34,35)(H,32,33,36)/t14-,19-/m0/s1. The Morgan fingerprint density at radius 3 is 2.72 bits per heavy atom. The molecular formula is C26H26F2N8. The van der Waals surface area contributed by atoms with Crippen LogP contribution in [0.15, 0.2) is 42.9 Å². The molecule has 10 heteroatoms. The van der Waals surface area contributed by atoms with Crippen LogP contribution in [0.4, 0.5) is 26.2 Å². The zero-order chi connectivity index (χ0) is 24.6. The molecular weight excluding hydrogens is 462 g/mol. The van der Waals surface area contributed by atoms with E-state index in [-0.39, 0.29) is 11.9 Å². The molecule has 0 unspecified atom stereocenters. The molecule has 2 fully saturated rings. The Labute approximate surface area is 207 Å². The predicted octanol–water partition coefficient (Wildman–Crippen LogP) is 4.79. The number of halogens is 2. The minimum absolute atomic E-state index is 0.236. The van der Waals surface area contributed by atoms with Gasteiger partial charge in [0.15, 0.2) is 17.5 Å². The van der Waals surface area contributed by atoms with E-state index in [4.69, 9.17) is 9.97 Å². The highest BCUT2D eigenvalue weighted by atomic mass is 19.1. The molecule has 0 bridgehead atoms. The van der Waals surface area contributed by atoms with Gasteiger partial charge < -0.3 is 16.0 Å². The van der Waals surface area contributed by atoms with Crippen molar-refractivity contribution in [2.45, 2.75) is 38.1 Å². The van der Waals surface area contributed by atoms with Crippen molar-refractivity contribution in [2.75, 3.05) is 23.7 Å². The monoisotopic (exact) mass is 488 g/mol. The highest BCUT2D eigenvalue weighted by Gasteiger charge is 2.29. The van der Waals surface area contributed by atoms with Crippen LogP contribution in [-0.4, -0.2) is 44.1 Å². The average molecular weight is 489 g/mol. The summed E-state index contributed by atoms with van der Waals surface area (Å²) < 4.78 is 27.6. The van der Waals surface area contributed by atoms with Crippen LogP contribution in [0.3, 0.4) is 0 Å². The zero-order valence-corrected chi connectivity index (χ0v) is 19.8. The first-order valence-electron chi connectivity index (χ1n) is 12.2. The van der Waals surface area contributed by atoms with Crippen molar-refractivity contribution in [1.29, 1.82) is 0 Å². The summed E-state index contributed by atoms with van der Waals surface area (Å²) in [6.45, 7) is 4.14. The van der Waals surface area contributed by atoms with Crippen LogP contribution in [0.1, 0.15) is 37.7 Å². The zero-order valence-electron chi connectivity index (χ0n) is 19.8. The molecule has 36 heavy (non-hydrogen) atoms. The maximum Gasteiger partial charge on any atom is 0.214 e. The number of pyridine rings is 3. The van der Waals surface area contributed by atoms with E-state index < -0.39 is 11.8 Å². The minimum atomic E-state index is -0.783. The van der Waals surface area contributed by atoms with Gasteiger partial charge in [0.1, 0.15) is 11.6 Å². The summed E-state index contributed by atoms with van der Waals surface area (Å²) in [6.07, 6.45) is 8.58. The van der Waals surface area contributed by atoms with Gasteiger partial charge in [-0.25, -0.2) is 19.3 Å². The number of anilines is 3. The third-order valence-corrected chi connectivity index (χ3v) is 6.84. The number of aromatic nitrogens is 5. The van der Waals surface area contributed by atoms with Crippen LogP contribution in [0.2, 0.25) is 0 Å². The van der Waals surface area contributed by atoms with Crippen molar-refractivity contribution in [3.63, 3.8) is 0 Å². The molecule has 2 aliphatic rings. The molecule has 8 nitrogen and oxygen atoms in total. The molecule has 0 aromatic carbocycles. The summed E-state index contributed by atoms with van der Waals surface area (Å²) in [5.74, 6) is 0.859. The number of hydrogen-bond donors (Lipinski definition) is 3. The van der Waals surface area contributed by atoms with Gasteiger partial charge in [-0.2, -0.15) is 9.37 Å². The molecule has 0 spiro atoms. The Hall–Kier alpha value is -3.79. The Balaban J connectivity index is 1.41. The molecule has 1 aliphatic carbocycles. The molecule has 1 saturated heterocycles. The van der Waals surface area contributed by atoms with Gasteiger partial charge in [-0.05, 0) is 74.0 Å². The van der Waals surface area contributed by atoms with Crippen LogP contribution in [0, 0.1) is 17.7 Å². The first-order valence-corrected chi connectivity index (χ1v) is 12.2. The molecule has 2 atom stereocenters. The van der Waals surface area contributed by atoms with E-state index in [1.165, 1.54) is 5.56 Å². The maximum atomic E-state index is 14.1.